The first kappa shape index (κ1) is 15.9. The van der Waals surface area contributed by atoms with Gasteiger partial charge in [0.15, 0.2) is 0 Å². The van der Waals surface area contributed by atoms with Crippen LogP contribution in [0.25, 0.3) is 0 Å². The molecule has 2 heterocycles. The van der Waals surface area contributed by atoms with Crippen molar-refractivity contribution in [2.75, 3.05) is 11.9 Å². The van der Waals surface area contributed by atoms with E-state index >= 15 is 0 Å². The van der Waals surface area contributed by atoms with Crippen LogP contribution in [0.4, 0.5) is 10.5 Å². The number of hydrogen-bond acceptors (Lipinski definition) is 2. The number of nitrogens with one attached hydrogen (secondary N) is 2. The summed E-state index contributed by atoms with van der Waals surface area (Å²) in [6.07, 6.45) is 4.04. The maximum atomic E-state index is 12.5. The van der Waals surface area contributed by atoms with Gasteiger partial charge in [-0.1, -0.05) is 31.0 Å². The van der Waals surface area contributed by atoms with Crippen LogP contribution in [0.5, 0.6) is 0 Å². The second kappa shape index (κ2) is 7.04. The quantitative estimate of drug-likeness (QED) is 0.889. The summed E-state index contributed by atoms with van der Waals surface area (Å²) in [6, 6.07) is 7.10. The van der Waals surface area contributed by atoms with Crippen molar-refractivity contribution in [3.63, 3.8) is 0 Å². The highest BCUT2D eigenvalue weighted by atomic mass is 35.5. The molecule has 0 bridgehead atoms. The summed E-state index contributed by atoms with van der Waals surface area (Å²) < 4.78 is 0. The van der Waals surface area contributed by atoms with Crippen LogP contribution in [0.3, 0.4) is 0 Å². The minimum Gasteiger partial charge on any atom is -0.320 e. The highest BCUT2D eigenvalue weighted by molar-refractivity contribution is 6.30. The number of carbonyl (C=O) groups is 1. The van der Waals surface area contributed by atoms with Crippen LogP contribution in [-0.2, 0) is 19.4 Å². The predicted octanol–water partition coefficient (Wildman–Crippen LogP) is 4.00. The van der Waals surface area contributed by atoms with Crippen molar-refractivity contribution in [1.29, 1.82) is 0 Å². The third kappa shape index (κ3) is 3.67. The van der Waals surface area contributed by atoms with Gasteiger partial charge in [-0.25, -0.2) is 4.79 Å². The fourth-order valence-corrected chi connectivity index (χ4v) is 3.04. The molecule has 2 N–H and O–H groups in total. The number of urea groups is 1. The summed E-state index contributed by atoms with van der Waals surface area (Å²) in [5, 5.41) is 11.1. The third-order valence-electron chi connectivity index (χ3n) is 4.15. The molecule has 2 aromatic rings. The van der Waals surface area contributed by atoms with Gasteiger partial charge in [0.25, 0.3) is 0 Å². The van der Waals surface area contributed by atoms with Crippen LogP contribution in [0, 0.1) is 0 Å². The highest BCUT2D eigenvalue weighted by Crippen LogP contribution is 2.23. The van der Waals surface area contributed by atoms with E-state index in [1.165, 1.54) is 11.3 Å². The monoisotopic (exact) mass is 332 g/mol. The molecule has 6 heteroatoms. The topological polar surface area (TPSA) is 61.0 Å². The molecule has 2 amide bonds. The molecule has 0 saturated carbocycles. The zero-order valence-corrected chi connectivity index (χ0v) is 14.0. The molecule has 5 nitrogen and oxygen atoms in total. The number of halogens is 1. The standard InChI is InChI=1S/C17H21ClN4O/c1-2-3-7-15-14-11-22(9-8-16(14)21-20-15)17(23)19-13-6-4-5-12(18)10-13/h4-6,10H,2-3,7-9,11H2,1H3,(H,19,23)(H,20,21). The van der Waals surface area contributed by atoms with E-state index in [1.54, 1.807) is 12.1 Å². The molecule has 1 aromatic carbocycles. The zero-order valence-electron chi connectivity index (χ0n) is 13.2. The minimum absolute atomic E-state index is 0.0967. The van der Waals surface area contributed by atoms with Crippen LogP contribution in [0.15, 0.2) is 24.3 Å². The number of fused-ring (bicyclic) bond motifs is 1. The van der Waals surface area contributed by atoms with Gasteiger partial charge in [-0.15, -0.1) is 0 Å². The summed E-state index contributed by atoms with van der Waals surface area (Å²) in [5.41, 5.74) is 4.17. The number of hydrogen-bond donors (Lipinski definition) is 2. The van der Waals surface area contributed by atoms with Crippen molar-refractivity contribution in [2.45, 2.75) is 39.2 Å². The number of anilines is 1. The number of nitrogens with zero attached hydrogens (tertiary/aromatic N) is 2. The number of amides is 2. The Kier molecular flexibility index (Phi) is 4.86. The Morgan fingerprint density at radius 1 is 1.48 bits per heavy atom. The van der Waals surface area contributed by atoms with E-state index in [2.05, 4.69) is 22.4 Å². The number of carbonyl (C=O) groups excluding carboxylic acids is 1. The van der Waals surface area contributed by atoms with Crippen LogP contribution in [-0.4, -0.2) is 27.7 Å². The van der Waals surface area contributed by atoms with E-state index in [0.29, 0.717) is 23.8 Å². The molecule has 0 aliphatic carbocycles. The Morgan fingerprint density at radius 3 is 3.13 bits per heavy atom. The summed E-state index contributed by atoms with van der Waals surface area (Å²) in [4.78, 5) is 14.3. The van der Waals surface area contributed by atoms with Crippen molar-refractivity contribution in [3.05, 3.63) is 46.2 Å². The van der Waals surface area contributed by atoms with E-state index in [-0.39, 0.29) is 6.03 Å². The molecular formula is C17H21ClN4O. The molecule has 0 saturated heterocycles. The number of unbranched alkanes of at least 4 members (excludes halogenated alkanes) is 1. The van der Waals surface area contributed by atoms with E-state index in [4.69, 9.17) is 11.6 Å². The van der Waals surface area contributed by atoms with Gasteiger partial charge >= 0.3 is 6.03 Å². The lowest BCUT2D eigenvalue weighted by Crippen LogP contribution is -2.39. The predicted molar refractivity (Wildman–Crippen MR) is 91.8 cm³/mol. The first-order valence-electron chi connectivity index (χ1n) is 8.04. The summed E-state index contributed by atoms with van der Waals surface area (Å²) >= 11 is 5.96. The van der Waals surface area contributed by atoms with Crippen LogP contribution < -0.4 is 5.32 Å². The lowest BCUT2D eigenvalue weighted by molar-refractivity contribution is 0.206. The van der Waals surface area contributed by atoms with Gasteiger partial charge in [0.1, 0.15) is 0 Å². The summed E-state index contributed by atoms with van der Waals surface area (Å²) in [7, 11) is 0. The molecule has 0 atom stereocenters. The van der Waals surface area contributed by atoms with Gasteiger partial charge in [0, 0.05) is 34.9 Å². The van der Waals surface area contributed by atoms with Gasteiger partial charge in [-0.3, -0.25) is 5.10 Å². The van der Waals surface area contributed by atoms with Crippen molar-refractivity contribution >= 4 is 23.3 Å². The number of aromatic nitrogens is 2. The van der Waals surface area contributed by atoms with Crippen molar-refractivity contribution in [3.8, 4) is 0 Å². The van der Waals surface area contributed by atoms with E-state index in [0.717, 1.165) is 31.4 Å². The lowest BCUT2D eigenvalue weighted by atomic mass is 10.0. The maximum Gasteiger partial charge on any atom is 0.322 e. The minimum atomic E-state index is -0.0967. The second-order valence-electron chi connectivity index (χ2n) is 5.84. The Hall–Kier alpha value is -2.01. The molecule has 0 unspecified atom stereocenters. The molecule has 23 heavy (non-hydrogen) atoms. The first-order valence-corrected chi connectivity index (χ1v) is 8.41. The van der Waals surface area contributed by atoms with Gasteiger partial charge in [-0.05, 0) is 31.0 Å². The first-order chi connectivity index (χ1) is 11.2. The van der Waals surface area contributed by atoms with E-state index < -0.39 is 0 Å². The molecule has 0 spiro atoms. The lowest BCUT2D eigenvalue weighted by Gasteiger charge is -2.27. The van der Waals surface area contributed by atoms with Gasteiger partial charge in [0.2, 0.25) is 0 Å². The molecule has 0 radical (unpaired) electrons. The highest BCUT2D eigenvalue weighted by Gasteiger charge is 2.24. The van der Waals surface area contributed by atoms with Gasteiger partial charge in [-0.2, -0.15) is 5.10 Å². The molecule has 1 aliphatic heterocycles. The fourth-order valence-electron chi connectivity index (χ4n) is 2.85. The number of H-pyrrole nitrogens is 1. The number of aromatic amines is 1. The Labute approximate surface area is 141 Å². The van der Waals surface area contributed by atoms with Crippen molar-refractivity contribution < 1.29 is 4.79 Å². The third-order valence-corrected chi connectivity index (χ3v) is 4.38. The average molecular weight is 333 g/mol. The van der Waals surface area contributed by atoms with Gasteiger partial charge < -0.3 is 10.2 Å². The number of benzene rings is 1. The summed E-state index contributed by atoms with van der Waals surface area (Å²) in [6.45, 7) is 3.47. The second-order valence-corrected chi connectivity index (χ2v) is 6.28. The van der Waals surface area contributed by atoms with E-state index in [1.807, 2.05) is 17.0 Å². The molecule has 1 aliphatic rings. The van der Waals surface area contributed by atoms with Crippen molar-refractivity contribution in [2.24, 2.45) is 0 Å². The van der Waals surface area contributed by atoms with Crippen LogP contribution >= 0.6 is 11.6 Å². The SMILES string of the molecule is CCCCc1n[nH]c2c1CN(C(=O)Nc1cccc(Cl)c1)CC2. The average Bonchev–Trinajstić information content (AvgIpc) is 2.95. The largest absolute Gasteiger partial charge is 0.322 e. The van der Waals surface area contributed by atoms with Gasteiger partial charge in [0.05, 0.1) is 12.2 Å². The van der Waals surface area contributed by atoms with Crippen LogP contribution in [0.2, 0.25) is 5.02 Å². The fraction of sp³-hybridized carbons (Fsp3) is 0.412. The smallest absolute Gasteiger partial charge is 0.320 e. The Balaban J connectivity index is 1.68. The molecular weight excluding hydrogens is 312 g/mol. The number of aryl methyl sites for hydroxylation is 1. The molecule has 1 aromatic heterocycles. The van der Waals surface area contributed by atoms with Crippen molar-refractivity contribution in [1.82, 2.24) is 15.1 Å². The van der Waals surface area contributed by atoms with E-state index in [9.17, 15) is 4.79 Å². The Morgan fingerprint density at radius 2 is 2.35 bits per heavy atom. The molecule has 0 fully saturated rings. The summed E-state index contributed by atoms with van der Waals surface area (Å²) in [5.74, 6) is 0. The normalized spacial score (nSPS) is 13.7. The maximum absolute atomic E-state index is 12.5. The molecule has 122 valence electrons. The van der Waals surface area contributed by atoms with Crippen LogP contribution in [0.1, 0.15) is 36.7 Å². The molecule has 3 rings (SSSR count). The zero-order chi connectivity index (χ0) is 16.2. The Bertz CT molecular complexity index is 698. The number of rotatable bonds is 4.